The zero-order chi connectivity index (χ0) is 11.7. The molecule has 0 spiro atoms. The Morgan fingerprint density at radius 2 is 2.12 bits per heavy atom. The van der Waals surface area contributed by atoms with E-state index in [0.29, 0.717) is 0 Å². The van der Waals surface area contributed by atoms with Crippen LogP contribution in [0.4, 0.5) is 0 Å². The molecule has 0 saturated heterocycles. The van der Waals surface area contributed by atoms with Gasteiger partial charge in [-0.25, -0.2) is 9.67 Å². The van der Waals surface area contributed by atoms with Crippen LogP contribution in [-0.2, 0) is 12.8 Å². The second-order valence-electron chi connectivity index (χ2n) is 4.51. The Bertz CT molecular complexity index is 503. The van der Waals surface area contributed by atoms with Gasteiger partial charge in [0.05, 0.1) is 0 Å². The van der Waals surface area contributed by atoms with Gasteiger partial charge in [-0.15, -0.1) is 0 Å². The Hall–Kier alpha value is -1.68. The number of hydrogen-bond acceptors (Lipinski definition) is 3. The van der Waals surface area contributed by atoms with Crippen molar-refractivity contribution in [2.24, 2.45) is 5.73 Å². The Balaban J connectivity index is 1.85. The van der Waals surface area contributed by atoms with Gasteiger partial charge in [-0.1, -0.05) is 30.3 Å². The zero-order valence-electron chi connectivity index (χ0n) is 9.71. The van der Waals surface area contributed by atoms with E-state index in [9.17, 15) is 0 Å². The molecule has 2 heterocycles. The van der Waals surface area contributed by atoms with Crippen molar-refractivity contribution in [3.63, 3.8) is 0 Å². The van der Waals surface area contributed by atoms with Crippen molar-refractivity contribution in [3.05, 3.63) is 47.5 Å². The van der Waals surface area contributed by atoms with Crippen molar-refractivity contribution in [2.45, 2.75) is 31.8 Å². The van der Waals surface area contributed by atoms with Crippen LogP contribution in [0.5, 0.6) is 0 Å². The van der Waals surface area contributed by atoms with Gasteiger partial charge < -0.3 is 5.73 Å². The van der Waals surface area contributed by atoms with E-state index in [1.54, 1.807) is 0 Å². The molecule has 0 saturated carbocycles. The van der Waals surface area contributed by atoms with Crippen LogP contribution in [0.2, 0.25) is 0 Å². The van der Waals surface area contributed by atoms with Crippen LogP contribution < -0.4 is 5.73 Å². The predicted molar refractivity (Wildman–Crippen MR) is 65.4 cm³/mol. The maximum atomic E-state index is 6.01. The molecule has 0 aliphatic carbocycles. The first-order valence-corrected chi connectivity index (χ1v) is 6.07. The van der Waals surface area contributed by atoms with E-state index >= 15 is 0 Å². The Labute approximate surface area is 100 Å². The van der Waals surface area contributed by atoms with E-state index in [1.165, 1.54) is 5.56 Å². The standard InChI is InChI=1S/C13H16N4/c14-11-7-4-8-13-15-12(16-17(11)13)9-10-5-2-1-3-6-10/h1-3,5-6,11H,4,7-9,14H2. The molecule has 1 atom stereocenters. The number of fused-ring (bicyclic) bond motifs is 1. The first kappa shape index (κ1) is 10.5. The highest BCUT2D eigenvalue weighted by Gasteiger charge is 2.19. The Morgan fingerprint density at radius 1 is 1.29 bits per heavy atom. The molecule has 0 fully saturated rings. The van der Waals surface area contributed by atoms with E-state index in [2.05, 4.69) is 22.2 Å². The van der Waals surface area contributed by atoms with Crippen LogP contribution in [0.3, 0.4) is 0 Å². The molecule has 3 rings (SSSR count). The molecule has 1 aliphatic heterocycles. The van der Waals surface area contributed by atoms with Gasteiger partial charge in [0.15, 0.2) is 5.82 Å². The van der Waals surface area contributed by atoms with Crippen LogP contribution in [0.15, 0.2) is 30.3 Å². The quantitative estimate of drug-likeness (QED) is 0.850. The molecular weight excluding hydrogens is 212 g/mol. The summed E-state index contributed by atoms with van der Waals surface area (Å²) in [5.74, 6) is 1.92. The lowest BCUT2D eigenvalue weighted by molar-refractivity contribution is 0.371. The molecule has 1 aromatic heterocycles. The molecule has 0 amide bonds. The van der Waals surface area contributed by atoms with Crippen LogP contribution in [-0.4, -0.2) is 14.8 Å². The zero-order valence-corrected chi connectivity index (χ0v) is 9.71. The lowest BCUT2D eigenvalue weighted by atomic mass is 10.1. The molecule has 4 nitrogen and oxygen atoms in total. The van der Waals surface area contributed by atoms with Crippen molar-refractivity contribution in [2.75, 3.05) is 0 Å². The second-order valence-corrected chi connectivity index (χ2v) is 4.51. The maximum Gasteiger partial charge on any atom is 0.155 e. The SMILES string of the molecule is NC1CCCc2nc(Cc3ccccc3)nn21. The number of nitrogens with zero attached hydrogens (tertiary/aromatic N) is 3. The van der Waals surface area contributed by atoms with Gasteiger partial charge >= 0.3 is 0 Å². The summed E-state index contributed by atoms with van der Waals surface area (Å²) < 4.78 is 1.89. The molecule has 88 valence electrons. The largest absolute Gasteiger partial charge is 0.310 e. The molecule has 2 N–H and O–H groups in total. The summed E-state index contributed by atoms with van der Waals surface area (Å²) in [6.45, 7) is 0. The van der Waals surface area contributed by atoms with E-state index in [0.717, 1.165) is 37.3 Å². The third-order valence-corrected chi connectivity index (χ3v) is 3.17. The highest BCUT2D eigenvalue weighted by Crippen LogP contribution is 2.19. The van der Waals surface area contributed by atoms with Crippen LogP contribution in [0.25, 0.3) is 0 Å². The fourth-order valence-electron chi connectivity index (χ4n) is 2.29. The lowest BCUT2D eigenvalue weighted by Crippen LogP contribution is -2.25. The maximum absolute atomic E-state index is 6.01. The monoisotopic (exact) mass is 228 g/mol. The summed E-state index contributed by atoms with van der Waals surface area (Å²) in [5, 5.41) is 4.51. The molecule has 0 bridgehead atoms. The minimum Gasteiger partial charge on any atom is -0.310 e. The number of aryl methyl sites for hydroxylation is 1. The molecule has 1 unspecified atom stereocenters. The molecule has 17 heavy (non-hydrogen) atoms. The Kier molecular flexibility index (Phi) is 2.65. The number of hydrogen-bond donors (Lipinski definition) is 1. The van der Waals surface area contributed by atoms with Gasteiger partial charge in [0.2, 0.25) is 0 Å². The number of benzene rings is 1. The summed E-state index contributed by atoms with van der Waals surface area (Å²) in [4.78, 5) is 4.57. The van der Waals surface area contributed by atoms with Crippen LogP contribution >= 0.6 is 0 Å². The summed E-state index contributed by atoms with van der Waals surface area (Å²) in [7, 11) is 0. The summed E-state index contributed by atoms with van der Waals surface area (Å²) >= 11 is 0. The normalized spacial score (nSPS) is 19.0. The van der Waals surface area contributed by atoms with Gasteiger partial charge in [0, 0.05) is 12.8 Å². The Morgan fingerprint density at radius 3 is 2.88 bits per heavy atom. The van der Waals surface area contributed by atoms with Gasteiger partial charge in [0.1, 0.15) is 12.0 Å². The van der Waals surface area contributed by atoms with Crippen molar-refractivity contribution in [1.29, 1.82) is 0 Å². The molecule has 1 aliphatic rings. The summed E-state index contributed by atoms with van der Waals surface area (Å²) in [5.41, 5.74) is 7.25. The van der Waals surface area contributed by atoms with E-state index < -0.39 is 0 Å². The van der Waals surface area contributed by atoms with Gasteiger partial charge in [0.25, 0.3) is 0 Å². The first-order valence-electron chi connectivity index (χ1n) is 6.07. The van der Waals surface area contributed by atoms with Crippen molar-refractivity contribution in [3.8, 4) is 0 Å². The molecule has 0 radical (unpaired) electrons. The van der Waals surface area contributed by atoms with Gasteiger partial charge in [-0.2, -0.15) is 5.10 Å². The van der Waals surface area contributed by atoms with Crippen molar-refractivity contribution < 1.29 is 0 Å². The summed E-state index contributed by atoms with van der Waals surface area (Å²) in [6.07, 6.45) is 3.91. The second kappa shape index (κ2) is 4.30. The predicted octanol–water partition coefficient (Wildman–Crippen LogP) is 1.66. The van der Waals surface area contributed by atoms with E-state index in [1.807, 2.05) is 22.9 Å². The average molecular weight is 228 g/mol. The minimum absolute atomic E-state index is 0.00998. The molecular formula is C13H16N4. The number of aromatic nitrogens is 3. The summed E-state index contributed by atoms with van der Waals surface area (Å²) in [6, 6.07) is 10.3. The van der Waals surface area contributed by atoms with Crippen LogP contribution in [0, 0.1) is 0 Å². The van der Waals surface area contributed by atoms with Crippen molar-refractivity contribution in [1.82, 2.24) is 14.8 Å². The highest BCUT2D eigenvalue weighted by molar-refractivity contribution is 5.19. The van der Waals surface area contributed by atoms with Crippen molar-refractivity contribution >= 4 is 0 Å². The highest BCUT2D eigenvalue weighted by atomic mass is 15.4. The lowest BCUT2D eigenvalue weighted by Gasteiger charge is -2.18. The van der Waals surface area contributed by atoms with E-state index in [-0.39, 0.29) is 6.17 Å². The third-order valence-electron chi connectivity index (χ3n) is 3.17. The molecule has 4 heteroatoms. The third kappa shape index (κ3) is 2.08. The average Bonchev–Trinajstić information content (AvgIpc) is 2.74. The number of nitrogens with two attached hydrogens (primary N) is 1. The minimum atomic E-state index is 0.00998. The fraction of sp³-hybridized carbons (Fsp3) is 0.385. The topological polar surface area (TPSA) is 56.7 Å². The molecule has 1 aromatic carbocycles. The van der Waals surface area contributed by atoms with Gasteiger partial charge in [-0.05, 0) is 18.4 Å². The smallest absolute Gasteiger partial charge is 0.155 e. The first-order chi connectivity index (χ1) is 8.33. The molecule has 2 aromatic rings. The van der Waals surface area contributed by atoms with E-state index in [4.69, 9.17) is 5.73 Å². The van der Waals surface area contributed by atoms with Gasteiger partial charge in [-0.3, -0.25) is 0 Å². The number of rotatable bonds is 2. The van der Waals surface area contributed by atoms with Crippen LogP contribution in [0.1, 0.15) is 36.2 Å². The fourth-order valence-corrected chi connectivity index (χ4v) is 2.29.